The fourth-order valence-electron chi connectivity index (χ4n) is 4.31. The predicted molar refractivity (Wildman–Crippen MR) is 124 cm³/mol. The van der Waals surface area contributed by atoms with E-state index < -0.39 is 0 Å². The highest BCUT2D eigenvalue weighted by molar-refractivity contribution is 7.94. The Balaban J connectivity index is 1.37. The molecule has 7 nitrogen and oxygen atoms in total. The Morgan fingerprint density at radius 1 is 1.03 bits per heavy atom. The molecule has 9 heteroatoms. The molecule has 1 aromatic heterocycles. The van der Waals surface area contributed by atoms with Gasteiger partial charge in [-0.2, -0.15) is 8.98 Å². The second-order valence-corrected chi connectivity index (χ2v) is 9.12. The molecule has 1 aliphatic heterocycles. The Bertz CT molecular complexity index is 1280. The molecule has 2 aromatic carbocycles. The highest BCUT2D eigenvalue weighted by atomic mass is 32.2. The van der Waals surface area contributed by atoms with Gasteiger partial charge in [-0.25, -0.2) is 5.10 Å². The first kappa shape index (κ1) is 21.6. The number of H-pyrrole nitrogens is 1. The number of carbonyl (C=O) groups is 2. The van der Waals surface area contributed by atoms with Crippen LogP contribution in [0.15, 0.2) is 52.2 Å². The first-order chi connectivity index (χ1) is 16.0. The molecule has 3 aromatic rings. The van der Waals surface area contributed by atoms with Crippen LogP contribution in [0, 0.1) is 5.92 Å². The molecule has 2 fully saturated rings. The molecular formula is C24H23FN4O3S. The lowest BCUT2D eigenvalue weighted by Gasteiger charge is -2.35. The molecule has 1 saturated heterocycles. The summed E-state index contributed by atoms with van der Waals surface area (Å²) >= 11 is 0.0497. The molecule has 33 heavy (non-hydrogen) atoms. The van der Waals surface area contributed by atoms with E-state index in [-0.39, 0.29) is 40.3 Å². The normalized spacial score (nSPS) is 16.3. The fourth-order valence-corrected chi connectivity index (χ4v) is 4.66. The molecule has 170 valence electrons. The second kappa shape index (κ2) is 8.97. The van der Waals surface area contributed by atoms with Crippen molar-refractivity contribution >= 4 is 34.7 Å². The van der Waals surface area contributed by atoms with Crippen molar-refractivity contribution in [3.05, 3.63) is 69.6 Å². The number of benzene rings is 2. The van der Waals surface area contributed by atoms with E-state index in [2.05, 4.69) is 10.2 Å². The quantitative estimate of drug-likeness (QED) is 0.624. The van der Waals surface area contributed by atoms with Gasteiger partial charge in [-0.1, -0.05) is 24.3 Å². The summed E-state index contributed by atoms with van der Waals surface area (Å²) in [6, 6.07) is 12.3. The molecule has 1 N–H and O–H groups in total. The zero-order valence-electron chi connectivity index (χ0n) is 17.9. The first-order valence-corrected chi connectivity index (χ1v) is 11.7. The van der Waals surface area contributed by atoms with Crippen LogP contribution in [0.5, 0.6) is 0 Å². The zero-order valence-corrected chi connectivity index (χ0v) is 18.7. The van der Waals surface area contributed by atoms with Crippen LogP contribution in [0.2, 0.25) is 0 Å². The number of rotatable bonds is 5. The molecule has 5 rings (SSSR count). The van der Waals surface area contributed by atoms with Gasteiger partial charge in [0, 0.05) is 43.9 Å². The van der Waals surface area contributed by atoms with Crippen molar-refractivity contribution in [2.24, 2.45) is 5.92 Å². The minimum absolute atomic E-state index is 0.0497. The van der Waals surface area contributed by atoms with Gasteiger partial charge in [-0.3, -0.25) is 14.4 Å². The van der Waals surface area contributed by atoms with Gasteiger partial charge in [0.15, 0.2) is 0 Å². The van der Waals surface area contributed by atoms with Gasteiger partial charge < -0.3 is 9.80 Å². The molecular weight excluding hydrogens is 443 g/mol. The summed E-state index contributed by atoms with van der Waals surface area (Å²) in [6.07, 6.45) is 2.31. The number of nitrogens with one attached hydrogen (secondary N) is 1. The number of hydrogen-bond acceptors (Lipinski definition) is 5. The van der Waals surface area contributed by atoms with E-state index in [1.54, 1.807) is 35.2 Å². The smallest absolute Gasteiger partial charge is 0.272 e. The van der Waals surface area contributed by atoms with Crippen molar-refractivity contribution in [1.29, 1.82) is 0 Å². The first-order valence-electron chi connectivity index (χ1n) is 11.0. The lowest BCUT2D eigenvalue weighted by atomic mass is 10.0. The number of nitrogens with zero attached hydrogens (tertiary/aromatic N) is 3. The Kier molecular flexibility index (Phi) is 5.88. The third-order valence-electron chi connectivity index (χ3n) is 6.31. The molecule has 0 atom stereocenters. The third-order valence-corrected chi connectivity index (χ3v) is 6.83. The number of hydrogen-bond donors (Lipinski definition) is 1. The predicted octanol–water partition coefficient (Wildman–Crippen LogP) is 3.18. The Morgan fingerprint density at radius 2 is 1.73 bits per heavy atom. The minimum Gasteiger partial charge on any atom is -0.339 e. The van der Waals surface area contributed by atoms with E-state index in [9.17, 15) is 18.3 Å². The third kappa shape index (κ3) is 4.37. The van der Waals surface area contributed by atoms with E-state index >= 15 is 0 Å². The summed E-state index contributed by atoms with van der Waals surface area (Å²) in [7, 11) is 0. The van der Waals surface area contributed by atoms with Gasteiger partial charge in [-0.05, 0) is 36.6 Å². The molecule has 0 spiro atoms. The van der Waals surface area contributed by atoms with E-state index in [4.69, 9.17) is 0 Å². The van der Waals surface area contributed by atoms with Crippen molar-refractivity contribution < 1.29 is 13.5 Å². The van der Waals surface area contributed by atoms with E-state index in [1.807, 2.05) is 17.0 Å². The highest BCUT2D eigenvalue weighted by Gasteiger charge is 2.35. The van der Waals surface area contributed by atoms with Crippen molar-refractivity contribution in [3.8, 4) is 0 Å². The Labute approximate surface area is 194 Å². The average Bonchev–Trinajstić information content (AvgIpc) is 3.71. The maximum Gasteiger partial charge on any atom is 0.272 e. The highest BCUT2D eigenvalue weighted by Crippen LogP contribution is 2.32. The SMILES string of the molecule is O=C(c1cc(Cc2n[nH]c(=O)c3ccccc23)ccc1SF)N1CCN(C(=O)C2CC2)CC1. The van der Waals surface area contributed by atoms with Crippen LogP contribution in [-0.4, -0.2) is 58.0 Å². The van der Waals surface area contributed by atoms with E-state index in [1.165, 1.54) is 0 Å². The van der Waals surface area contributed by atoms with Crippen LogP contribution in [0.1, 0.15) is 34.5 Å². The molecule has 2 aliphatic rings. The number of amides is 2. The summed E-state index contributed by atoms with van der Waals surface area (Å²) < 4.78 is 13.6. The van der Waals surface area contributed by atoms with Gasteiger partial charge in [0.1, 0.15) is 0 Å². The van der Waals surface area contributed by atoms with Gasteiger partial charge in [0.05, 0.1) is 33.7 Å². The Hall–Kier alpha value is -3.20. The van der Waals surface area contributed by atoms with Crippen LogP contribution >= 0.6 is 12.1 Å². The monoisotopic (exact) mass is 466 g/mol. The summed E-state index contributed by atoms with van der Waals surface area (Å²) in [4.78, 5) is 41.4. The summed E-state index contributed by atoms with van der Waals surface area (Å²) in [5, 5.41) is 8.02. The molecule has 0 bridgehead atoms. The van der Waals surface area contributed by atoms with Crippen LogP contribution in [-0.2, 0) is 11.2 Å². The van der Waals surface area contributed by atoms with Gasteiger partial charge >= 0.3 is 0 Å². The average molecular weight is 467 g/mol. The molecule has 0 unspecified atom stereocenters. The van der Waals surface area contributed by atoms with E-state index in [0.717, 1.165) is 23.8 Å². The number of fused-ring (bicyclic) bond motifs is 1. The van der Waals surface area contributed by atoms with Crippen molar-refractivity contribution in [2.45, 2.75) is 24.2 Å². The molecule has 1 aliphatic carbocycles. The number of aromatic amines is 1. The van der Waals surface area contributed by atoms with Crippen molar-refractivity contribution in [1.82, 2.24) is 20.0 Å². The van der Waals surface area contributed by atoms with Crippen molar-refractivity contribution in [2.75, 3.05) is 26.2 Å². The topological polar surface area (TPSA) is 86.4 Å². The molecule has 2 heterocycles. The molecule has 1 saturated carbocycles. The van der Waals surface area contributed by atoms with Crippen molar-refractivity contribution in [3.63, 3.8) is 0 Å². The largest absolute Gasteiger partial charge is 0.339 e. The molecule has 0 radical (unpaired) electrons. The standard InChI is InChI=1S/C24H23FN4O3S/c25-33-21-8-5-15(14-20-17-3-1-2-4-18(17)22(30)27-26-20)13-19(21)24(32)29-11-9-28(10-12-29)23(31)16-6-7-16/h1-5,8,13,16H,6-7,9-12,14H2,(H,27,30). The molecule has 2 amide bonds. The zero-order chi connectivity index (χ0) is 22.9. The number of halogens is 1. The summed E-state index contributed by atoms with van der Waals surface area (Å²) in [6.45, 7) is 1.88. The second-order valence-electron chi connectivity index (χ2n) is 8.52. The van der Waals surface area contributed by atoms with Crippen LogP contribution in [0.4, 0.5) is 3.89 Å². The number of piperazine rings is 1. The maximum atomic E-state index is 13.6. The van der Waals surface area contributed by atoms with Crippen LogP contribution in [0.3, 0.4) is 0 Å². The maximum absolute atomic E-state index is 13.6. The van der Waals surface area contributed by atoms with Crippen LogP contribution in [0.25, 0.3) is 10.8 Å². The Morgan fingerprint density at radius 3 is 2.42 bits per heavy atom. The summed E-state index contributed by atoms with van der Waals surface area (Å²) in [5.74, 6) is 0.107. The fraction of sp³-hybridized carbons (Fsp3) is 0.333. The van der Waals surface area contributed by atoms with Crippen LogP contribution < -0.4 is 5.56 Å². The summed E-state index contributed by atoms with van der Waals surface area (Å²) in [5.41, 5.74) is 1.52. The lowest BCUT2D eigenvalue weighted by molar-refractivity contribution is -0.134. The number of aromatic nitrogens is 2. The van der Waals surface area contributed by atoms with Gasteiger partial charge in [0.25, 0.3) is 11.5 Å². The van der Waals surface area contributed by atoms with Gasteiger partial charge in [0.2, 0.25) is 5.91 Å². The van der Waals surface area contributed by atoms with Gasteiger partial charge in [-0.15, -0.1) is 0 Å². The number of carbonyl (C=O) groups excluding carboxylic acids is 2. The lowest BCUT2D eigenvalue weighted by Crippen LogP contribution is -2.51. The minimum atomic E-state index is -0.256. The van der Waals surface area contributed by atoms with E-state index in [0.29, 0.717) is 49.2 Å².